The van der Waals surface area contributed by atoms with Gasteiger partial charge in [0.05, 0.1) is 0 Å². The summed E-state index contributed by atoms with van der Waals surface area (Å²) in [5, 5.41) is 5.52. The Morgan fingerprint density at radius 3 is 2.50 bits per heavy atom. The Morgan fingerprint density at radius 2 is 1.83 bits per heavy atom. The van der Waals surface area contributed by atoms with Gasteiger partial charge in [-0.1, -0.05) is 18.2 Å². The van der Waals surface area contributed by atoms with Gasteiger partial charge in [-0.05, 0) is 49.1 Å². The number of urea groups is 1. The van der Waals surface area contributed by atoms with E-state index < -0.39 is 6.04 Å². The van der Waals surface area contributed by atoms with Gasteiger partial charge in [0, 0.05) is 22.8 Å². The van der Waals surface area contributed by atoms with Crippen molar-refractivity contribution < 1.29 is 9.59 Å². The zero-order valence-electron chi connectivity index (χ0n) is 13.4. The lowest BCUT2D eigenvalue weighted by atomic mass is 10.2. The molecule has 0 aliphatic carbocycles. The minimum Gasteiger partial charge on any atom is -0.326 e. The maximum atomic E-state index is 12.5. The molecule has 5 nitrogen and oxygen atoms in total. The number of nitrogens with one attached hydrogen (secondary N) is 2. The molecule has 0 saturated carbocycles. The highest BCUT2D eigenvalue weighted by Gasteiger charge is 2.33. The van der Waals surface area contributed by atoms with Crippen LogP contribution >= 0.6 is 11.8 Å². The van der Waals surface area contributed by atoms with Crippen LogP contribution in [0.5, 0.6) is 0 Å². The van der Waals surface area contributed by atoms with Crippen molar-refractivity contribution in [3.8, 4) is 0 Å². The van der Waals surface area contributed by atoms with Gasteiger partial charge in [-0.2, -0.15) is 0 Å². The van der Waals surface area contributed by atoms with Crippen LogP contribution in [0.1, 0.15) is 6.42 Å². The molecular formula is C18H19N3O2S. The molecule has 2 aromatic rings. The molecule has 0 bridgehead atoms. The molecule has 1 atom stereocenters. The molecule has 1 heterocycles. The van der Waals surface area contributed by atoms with E-state index in [1.807, 2.05) is 60.9 Å². The van der Waals surface area contributed by atoms with E-state index in [0.29, 0.717) is 18.7 Å². The van der Waals surface area contributed by atoms with E-state index in [0.717, 1.165) is 10.6 Å². The van der Waals surface area contributed by atoms with Gasteiger partial charge in [0.15, 0.2) is 0 Å². The van der Waals surface area contributed by atoms with Gasteiger partial charge in [0.25, 0.3) is 0 Å². The number of benzene rings is 2. The maximum Gasteiger partial charge on any atom is 0.319 e. The Morgan fingerprint density at radius 1 is 1.12 bits per heavy atom. The van der Waals surface area contributed by atoms with E-state index in [9.17, 15) is 9.59 Å². The van der Waals surface area contributed by atoms with Crippen LogP contribution in [0.25, 0.3) is 0 Å². The molecule has 1 saturated heterocycles. The summed E-state index contributed by atoms with van der Waals surface area (Å²) in [4.78, 5) is 27.4. The average molecular weight is 341 g/mol. The van der Waals surface area contributed by atoms with Gasteiger partial charge in [0.1, 0.15) is 6.04 Å². The molecular weight excluding hydrogens is 322 g/mol. The van der Waals surface area contributed by atoms with Gasteiger partial charge in [0.2, 0.25) is 5.91 Å². The number of carbonyl (C=O) groups is 2. The van der Waals surface area contributed by atoms with Crippen LogP contribution in [0.2, 0.25) is 0 Å². The second kappa shape index (κ2) is 7.40. The van der Waals surface area contributed by atoms with Crippen LogP contribution < -0.4 is 15.5 Å². The van der Waals surface area contributed by atoms with Crippen molar-refractivity contribution in [1.82, 2.24) is 5.32 Å². The molecule has 0 spiro atoms. The summed E-state index contributed by atoms with van der Waals surface area (Å²) in [7, 11) is 0. The lowest BCUT2D eigenvalue weighted by Crippen LogP contribution is -2.43. The van der Waals surface area contributed by atoms with Crippen LogP contribution in [0.15, 0.2) is 59.5 Å². The molecule has 24 heavy (non-hydrogen) atoms. The normalized spacial score (nSPS) is 17.0. The van der Waals surface area contributed by atoms with E-state index in [2.05, 4.69) is 10.6 Å². The zero-order chi connectivity index (χ0) is 16.9. The fourth-order valence-electron chi connectivity index (χ4n) is 2.68. The fraction of sp³-hybridized carbons (Fsp3) is 0.222. The van der Waals surface area contributed by atoms with Gasteiger partial charge in [-0.3, -0.25) is 4.79 Å². The molecule has 1 unspecified atom stereocenters. The molecule has 1 aliphatic heterocycles. The summed E-state index contributed by atoms with van der Waals surface area (Å²) in [6.45, 7) is 0.607. The van der Waals surface area contributed by atoms with E-state index in [1.165, 1.54) is 0 Å². The van der Waals surface area contributed by atoms with Gasteiger partial charge in [-0.15, -0.1) is 11.8 Å². The first-order chi connectivity index (χ1) is 11.7. The number of hydrogen-bond acceptors (Lipinski definition) is 3. The first kappa shape index (κ1) is 16.4. The maximum absolute atomic E-state index is 12.5. The van der Waals surface area contributed by atoms with Crippen molar-refractivity contribution >= 4 is 35.1 Å². The number of hydrogen-bond donors (Lipinski definition) is 2. The summed E-state index contributed by atoms with van der Waals surface area (Å²) in [6, 6.07) is 16.2. The minimum atomic E-state index is -0.490. The van der Waals surface area contributed by atoms with E-state index in [-0.39, 0.29) is 11.9 Å². The highest BCUT2D eigenvalue weighted by atomic mass is 32.2. The highest BCUT2D eigenvalue weighted by Crippen LogP contribution is 2.21. The third-order valence-electron chi connectivity index (χ3n) is 3.93. The topological polar surface area (TPSA) is 61.4 Å². The summed E-state index contributed by atoms with van der Waals surface area (Å²) in [6.07, 6.45) is 2.60. The number of rotatable bonds is 4. The summed E-state index contributed by atoms with van der Waals surface area (Å²) < 4.78 is 0. The summed E-state index contributed by atoms with van der Waals surface area (Å²) in [5.41, 5.74) is 1.57. The third-order valence-corrected chi connectivity index (χ3v) is 4.67. The molecule has 124 valence electrons. The first-order valence-electron chi connectivity index (χ1n) is 7.75. The third kappa shape index (κ3) is 3.71. The Bertz CT molecular complexity index is 719. The molecule has 1 aliphatic rings. The smallest absolute Gasteiger partial charge is 0.319 e. The molecule has 6 heteroatoms. The number of para-hydroxylation sites is 1. The largest absolute Gasteiger partial charge is 0.326 e. The Balaban J connectivity index is 1.58. The summed E-state index contributed by atoms with van der Waals surface area (Å²) in [5.74, 6) is -0.0749. The predicted octanol–water partition coefficient (Wildman–Crippen LogP) is 3.34. The molecule has 0 aromatic heterocycles. The van der Waals surface area contributed by atoms with Crippen molar-refractivity contribution in [3.05, 3.63) is 54.6 Å². The molecule has 3 rings (SSSR count). The molecule has 2 N–H and O–H groups in total. The summed E-state index contributed by atoms with van der Waals surface area (Å²) >= 11 is 1.64. The van der Waals surface area contributed by atoms with Crippen LogP contribution in [-0.4, -0.2) is 30.8 Å². The van der Waals surface area contributed by atoms with Gasteiger partial charge in [-0.25, -0.2) is 4.79 Å². The molecule has 3 amide bonds. The van der Waals surface area contributed by atoms with E-state index in [4.69, 9.17) is 0 Å². The van der Waals surface area contributed by atoms with Gasteiger partial charge < -0.3 is 15.5 Å². The first-order valence-corrected chi connectivity index (χ1v) is 8.98. The second-order valence-corrected chi connectivity index (χ2v) is 6.37. The van der Waals surface area contributed by atoms with E-state index >= 15 is 0 Å². The van der Waals surface area contributed by atoms with Crippen LogP contribution in [-0.2, 0) is 4.79 Å². The quantitative estimate of drug-likeness (QED) is 0.839. The van der Waals surface area contributed by atoms with Gasteiger partial charge >= 0.3 is 6.03 Å². The molecule has 2 aromatic carbocycles. The monoisotopic (exact) mass is 341 g/mol. The second-order valence-electron chi connectivity index (χ2n) is 5.49. The lowest BCUT2D eigenvalue weighted by Gasteiger charge is -2.17. The lowest BCUT2D eigenvalue weighted by molar-refractivity contribution is -0.118. The van der Waals surface area contributed by atoms with Crippen molar-refractivity contribution in [2.45, 2.75) is 17.4 Å². The molecule has 1 fully saturated rings. The standard InChI is InChI=1S/C18H19N3O2S/c1-24-15-9-7-13(8-10-15)19-18(23)20-16-11-12-21(17(16)22)14-5-3-2-4-6-14/h2-10,16H,11-12H2,1H3,(H2,19,20,23). The van der Waals surface area contributed by atoms with Crippen LogP contribution in [0.3, 0.4) is 0 Å². The Hall–Kier alpha value is -2.47. The number of carbonyl (C=O) groups excluding carboxylic acids is 2. The van der Waals surface area contributed by atoms with Crippen molar-refractivity contribution in [2.75, 3.05) is 23.0 Å². The SMILES string of the molecule is CSc1ccc(NC(=O)NC2CCN(c3ccccc3)C2=O)cc1. The fourth-order valence-corrected chi connectivity index (χ4v) is 3.09. The van der Waals surface area contributed by atoms with Crippen molar-refractivity contribution in [3.63, 3.8) is 0 Å². The Kier molecular flexibility index (Phi) is 5.05. The Labute approximate surface area is 145 Å². The zero-order valence-corrected chi connectivity index (χ0v) is 14.2. The molecule has 0 radical (unpaired) electrons. The number of nitrogens with zero attached hydrogens (tertiary/aromatic N) is 1. The number of anilines is 2. The predicted molar refractivity (Wildman–Crippen MR) is 97.6 cm³/mol. The van der Waals surface area contributed by atoms with E-state index in [1.54, 1.807) is 16.7 Å². The highest BCUT2D eigenvalue weighted by molar-refractivity contribution is 7.98. The van der Waals surface area contributed by atoms with Crippen LogP contribution in [0.4, 0.5) is 16.2 Å². The van der Waals surface area contributed by atoms with Crippen molar-refractivity contribution in [2.24, 2.45) is 0 Å². The number of thioether (sulfide) groups is 1. The average Bonchev–Trinajstić information content (AvgIpc) is 2.97. The van der Waals surface area contributed by atoms with Crippen molar-refractivity contribution in [1.29, 1.82) is 0 Å². The number of amides is 3. The minimum absolute atomic E-state index is 0.0749. The van der Waals surface area contributed by atoms with Crippen LogP contribution in [0, 0.1) is 0 Å².